The van der Waals surface area contributed by atoms with E-state index in [1.807, 2.05) is 11.8 Å². The molecule has 0 unspecified atom stereocenters. The molecule has 1 aliphatic rings. The van der Waals surface area contributed by atoms with E-state index in [-0.39, 0.29) is 27.7 Å². The van der Waals surface area contributed by atoms with E-state index in [9.17, 15) is 10.2 Å². The lowest BCUT2D eigenvalue weighted by molar-refractivity contribution is 0.430. The number of anilines is 1. The second kappa shape index (κ2) is 10.6. The average molecular weight is 540 g/mol. The van der Waals surface area contributed by atoms with Crippen LogP contribution in [0.1, 0.15) is 131 Å². The minimum Gasteiger partial charge on any atom is -0.506 e. The van der Waals surface area contributed by atoms with Crippen LogP contribution in [0.5, 0.6) is 11.5 Å². The molecule has 3 rings (SSSR count). The van der Waals surface area contributed by atoms with Crippen molar-refractivity contribution in [1.29, 1.82) is 0 Å². The summed E-state index contributed by atoms with van der Waals surface area (Å²) in [4.78, 5) is 0.976. The first-order valence-electron chi connectivity index (χ1n) is 14.4. The first-order chi connectivity index (χ1) is 17.2. The Morgan fingerprint density at radius 2 is 1.11 bits per heavy atom. The number of benzene rings is 2. The van der Waals surface area contributed by atoms with Gasteiger partial charge in [0.05, 0.1) is 10.6 Å². The summed E-state index contributed by atoms with van der Waals surface area (Å²) in [5.74, 6) is 0.792. The number of nitrogens with one attached hydrogen (secondary N) is 1. The first-order valence-corrected chi connectivity index (χ1v) is 15.3. The van der Waals surface area contributed by atoms with E-state index < -0.39 is 0 Å². The van der Waals surface area contributed by atoms with Gasteiger partial charge in [0.15, 0.2) is 0 Å². The van der Waals surface area contributed by atoms with Crippen molar-refractivity contribution in [2.75, 3.05) is 5.32 Å². The molecule has 0 aliphatic heterocycles. The third-order valence-electron chi connectivity index (χ3n) is 7.85. The fraction of sp³-hybridized carbons (Fsp3) is 0.647. The van der Waals surface area contributed by atoms with Crippen molar-refractivity contribution in [1.82, 2.24) is 0 Å². The van der Waals surface area contributed by atoms with Gasteiger partial charge in [0.1, 0.15) is 11.5 Å². The van der Waals surface area contributed by atoms with E-state index in [1.165, 1.54) is 24.0 Å². The lowest BCUT2D eigenvalue weighted by Gasteiger charge is -2.35. The summed E-state index contributed by atoms with van der Waals surface area (Å²) in [7, 11) is 0. The average Bonchev–Trinajstić information content (AvgIpc) is 2.74. The highest BCUT2D eigenvalue weighted by atomic mass is 32.2. The molecule has 1 saturated carbocycles. The molecular formula is C34H53NO2S. The molecule has 1 aliphatic carbocycles. The van der Waals surface area contributed by atoms with E-state index in [0.717, 1.165) is 34.6 Å². The Hall–Kier alpha value is -1.81. The summed E-state index contributed by atoms with van der Waals surface area (Å²) in [5.41, 5.74) is 4.99. The highest BCUT2D eigenvalue weighted by Gasteiger charge is 2.32. The van der Waals surface area contributed by atoms with Gasteiger partial charge >= 0.3 is 0 Å². The van der Waals surface area contributed by atoms with Crippen LogP contribution in [0.2, 0.25) is 0 Å². The molecule has 2 aromatic rings. The molecule has 0 heterocycles. The molecule has 0 radical (unpaired) electrons. The molecule has 2 aromatic carbocycles. The zero-order chi connectivity index (χ0) is 28.8. The number of rotatable bonds is 4. The normalized spacial score (nSPS) is 19.5. The molecule has 1 fully saturated rings. The van der Waals surface area contributed by atoms with Gasteiger partial charge in [0.2, 0.25) is 0 Å². The monoisotopic (exact) mass is 539 g/mol. The van der Waals surface area contributed by atoms with Crippen LogP contribution in [0.15, 0.2) is 29.2 Å². The Labute approximate surface area is 237 Å². The Morgan fingerprint density at radius 3 is 1.61 bits per heavy atom. The van der Waals surface area contributed by atoms with Crippen molar-refractivity contribution in [3.63, 3.8) is 0 Å². The summed E-state index contributed by atoms with van der Waals surface area (Å²) in [6, 6.07) is 8.93. The lowest BCUT2D eigenvalue weighted by Crippen LogP contribution is -2.34. The van der Waals surface area contributed by atoms with Gasteiger partial charge in [0, 0.05) is 22.4 Å². The molecule has 212 valence electrons. The minimum atomic E-state index is -0.162. The first kappa shape index (κ1) is 30.7. The molecule has 3 N–H and O–H groups in total. The zero-order valence-electron chi connectivity index (χ0n) is 26.1. The zero-order valence-corrected chi connectivity index (χ0v) is 26.9. The molecule has 3 nitrogen and oxygen atoms in total. The molecule has 0 aromatic heterocycles. The van der Waals surface area contributed by atoms with Crippen LogP contribution in [0.4, 0.5) is 5.69 Å². The Morgan fingerprint density at radius 1 is 0.632 bits per heavy atom. The van der Waals surface area contributed by atoms with Gasteiger partial charge in [-0.25, -0.2) is 0 Å². The summed E-state index contributed by atoms with van der Waals surface area (Å²) in [6.45, 7) is 26.4. The Bertz CT molecular complexity index is 1050. The number of hydrogen-bond donors (Lipinski definition) is 3. The van der Waals surface area contributed by atoms with Gasteiger partial charge in [-0.2, -0.15) is 0 Å². The van der Waals surface area contributed by atoms with E-state index in [2.05, 4.69) is 113 Å². The second-order valence-corrected chi connectivity index (χ2v) is 16.8. The van der Waals surface area contributed by atoms with Gasteiger partial charge in [0.25, 0.3) is 0 Å². The van der Waals surface area contributed by atoms with Gasteiger partial charge in [-0.05, 0) is 57.8 Å². The fourth-order valence-corrected chi connectivity index (χ4v) is 6.61. The van der Waals surface area contributed by atoms with Gasteiger partial charge in [-0.15, -0.1) is 11.8 Å². The topological polar surface area (TPSA) is 52.5 Å². The van der Waals surface area contributed by atoms with Crippen molar-refractivity contribution >= 4 is 17.4 Å². The van der Waals surface area contributed by atoms with Crippen LogP contribution in [0, 0.1) is 0 Å². The minimum absolute atomic E-state index is 0.00420. The Kier molecular flexibility index (Phi) is 8.60. The Balaban J connectivity index is 2.03. The standard InChI is InChI=1S/C34H53NO2S/c1-31(2,3)21-17-23(33(7,8)9)29(36)26(19-21)35-25-15-13-14-16-27(25)38-28-20-22(32(4,5)6)18-24(30(28)37)34(10,11)12/h17-20,25,27,35-37H,13-16H2,1-12H3/t25-,27-/m0/s1. The van der Waals surface area contributed by atoms with Crippen LogP contribution in [-0.2, 0) is 21.7 Å². The van der Waals surface area contributed by atoms with Crippen molar-refractivity contribution in [2.24, 2.45) is 0 Å². The van der Waals surface area contributed by atoms with Gasteiger partial charge in [-0.3, -0.25) is 0 Å². The molecule has 0 saturated heterocycles. The number of aromatic hydroxyl groups is 2. The van der Waals surface area contributed by atoms with Crippen LogP contribution in [-0.4, -0.2) is 21.5 Å². The van der Waals surface area contributed by atoms with Gasteiger partial charge in [-0.1, -0.05) is 108 Å². The smallest absolute Gasteiger partial charge is 0.142 e. The second-order valence-electron chi connectivity index (χ2n) is 15.5. The summed E-state index contributed by atoms with van der Waals surface area (Å²) in [5, 5.41) is 26.9. The van der Waals surface area contributed by atoms with Crippen molar-refractivity contribution in [3.8, 4) is 11.5 Å². The highest BCUT2D eigenvalue weighted by Crippen LogP contribution is 2.46. The molecule has 38 heavy (non-hydrogen) atoms. The largest absolute Gasteiger partial charge is 0.506 e. The number of hydrogen-bond acceptors (Lipinski definition) is 4. The lowest BCUT2D eigenvalue weighted by atomic mass is 9.79. The van der Waals surface area contributed by atoms with Crippen molar-refractivity contribution in [3.05, 3.63) is 46.5 Å². The van der Waals surface area contributed by atoms with E-state index >= 15 is 0 Å². The number of phenolic OH excluding ortho intramolecular Hbond substituents is 2. The predicted molar refractivity (Wildman–Crippen MR) is 167 cm³/mol. The fourth-order valence-electron chi connectivity index (χ4n) is 5.22. The SMILES string of the molecule is CC(C)(C)c1cc(N[C@H]2CCCC[C@@H]2Sc2cc(C(C)(C)C)cc(C(C)(C)C)c2O)c(O)c(C(C)(C)C)c1. The van der Waals surface area contributed by atoms with Crippen molar-refractivity contribution in [2.45, 2.75) is 147 Å². The number of phenols is 2. The highest BCUT2D eigenvalue weighted by molar-refractivity contribution is 8.00. The third kappa shape index (κ3) is 7.03. The van der Waals surface area contributed by atoms with Crippen molar-refractivity contribution < 1.29 is 10.2 Å². The molecule has 2 atom stereocenters. The molecule has 0 amide bonds. The number of thioether (sulfide) groups is 1. The maximum Gasteiger partial charge on any atom is 0.142 e. The van der Waals surface area contributed by atoms with E-state index in [0.29, 0.717) is 16.7 Å². The summed E-state index contributed by atoms with van der Waals surface area (Å²) in [6.07, 6.45) is 4.48. The van der Waals surface area contributed by atoms with Crippen LogP contribution < -0.4 is 5.32 Å². The van der Waals surface area contributed by atoms with E-state index in [1.54, 1.807) is 0 Å². The molecule has 0 spiro atoms. The summed E-state index contributed by atoms with van der Waals surface area (Å²) >= 11 is 1.81. The van der Waals surface area contributed by atoms with Crippen LogP contribution in [0.25, 0.3) is 0 Å². The van der Waals surface area contributed by atoms with Crippen LogP contribution >= 0.6 is 11.8 Å². The van der Waals surface area contributed by atoms with Crippen LogP contribution in [0.3, 0.4) is 0 Å². The molecular weight excluding hydrogens is 486 g/mol. The summed E-state index contributed by atoms with van der Waals surface area (Å²) < 4.78 is 0. The quantitative estimate of drug-likeness (QED) is 0.338. The van der Waals surface area contributed by atoms with Gasteiger partial charge < -0.3 is 15.5 Å². The maximum absolute atomic E-state index is 11.4. The maximum atomic E-state index is 11.4. The predicted octanol–water partition coefficient (Wildman–Crippen LogP) is 9.80. The van der Waals surface area contributed by atoms with E-state index in [4.69, 9.17) is 0 Å². The molecule has 4 heteroatoms. The molecule has 0 bridgehead atoms. The third-order valence-corrected chi connectivity index (χ3v) is 9.29.